The van der Waals surface area contributed by atoms with E-state index in [2.05, 4.69) is 15.5 Å². The highest BCUT2D eigenvalue weighted by Crippen LogP contribution is 2.19. The SMILES string of the molecule is Oc1ccc(-c2noc(CNc3ccccc3)n2)cc1. The molecule has 0 bridgehead atoms. The Morgan fingerprint density at radius 3 is 2.50 bits per heavy atom. The van der Waals surface area contributed by atoms with Crippen LogP contribution in [0.3, 0.4) is 0 Å². The van der Waals surface area contributed by atoms with Gasteiger partial charge in [0.2, 0.25) is 11.7 Å². The van der Waals surface area contributed by atoms with Gasteiger partial charge in [0, 0.05) is 11.3 Å². The first-order chi connectivity index (χ1) is 9.81. The van der Waals surface area contributed by atoms with Gasteiger partial charge in [-0.15, -0.1) is 0 Å². The molecule has 0 saturated carbocycles. The first kappa shape index (κ1) is 12.2. The van der Waals surface area contributed by atoms with Crippen LogP contribution >= 0.6 is 0 Å². The quantitative estimate of drug-likeness (QED) is 0.760. The molecule has 0 amide bonds. The van der Waals surface area contributed by atoms with Crippen molar-refractivity contribution in [3.63, 3.8) is 0 Å². The highest BCUT2D eigenvalue weighted by atomic mass is 16.5. The fraction of sp³-hybridized carbons (Fsp3) is 0.0667. The van der Waals surface area contributed by atoms with E-state index in [-0.39, 0.29) is 5.75 Å². The Kier molecular flexibility index (Phi) is 3.33. The van der Waals surface area contributed by atoms with Gasteiger partial charge in [-0.25, -0.2) is 0 Å². The topological polar surface area (TPSA) is 71.2 Å². The summed E-state index contributed by atoms with van der Waals surface area (Å²) in [6.45, 7) is 0.467. The van der Waals surface area contributed by atoms with Crippen LogP contribution in [0.15, 0.2) is 59.1 Å². The molecule has 2 N–H and O–H groups in total. The molecule has 1 heterocycles. The molecule has 0 aliphatic heterocycles. The third-order valence-corrected chi connectivity index (χ3v) is 2.81. The van der Waals surface area contributed by atoms with E-state index in [9.17, 15) is 5.11 Å². The van der Waals surface area contributed by atoms with Crippen molar-refractivity contribution < 1.29 is 9.63 Å². The molecule has 3 aromatic rings. The summed E-state index contributed by atoms with van der Waals surface area (Å²) in [6, 6.07) is 16.5. The van der Waals surface area contributed by atoms with Crippen molar-refractivity contribution in [1.82, 2.24) is 10.1 Å². The van der Waals surface area contributed by atoms with Gasteiger partial charge in [-0.1, -0.05) is 23.4 Å². The molecule has 5 heteroatoms. The number of rotatable bonds is 4. The molecular formula is C15H13N3O2. The highest BCUT2D eigenvalue weighted by Gasteiger charge is 2.08. The summed E-state index contributed by atoms with van der Waals surface area (Å²) in [7, 11) is 0. The number of benzene rings is 2. The van der Waals surface area contributed by atoms with Gasteiger partial charge in [-0.2, -0.15) is 4.98 Å². The van der Waals surface area contributed by atoms with E-state index in [0.717, 1.165) is 11.3 Å². The average Bonchev–Trinajstić information content (AvgIpc) is 2.96. The van der Waals surface area contributed by atoms with E-state index < -0.39 is 0 Å². The fourth-order valence-electron chi connectivity index (χ4n) is 1.79. The van der Waals surface area contributed by atoms with E-state index in [1.807, 2.05) is 30.3 Å². The number of hydrogen-bond acceptors (Lipinski definition) is 5. The van der Waals surface area contributed by atoms with Crippen LogP contribution in [0.2, 0.25) is 0 Å². The first-order valence-corrected chi connectivity index (χ1v) is 6.22. The lowest BCUT2D eigenvalue weighted by atomic mass is 10.2. The number of aromatic hydroxyl groups is 1. The standard InChI is InChI=1S/C15H13N3O2/c19-13-8-6-11(7-9-13)15-17-14(20-18-15)10-16-12-4-2-1-3-5-12/h1-9,16,19H,10H2. The summed E-state index contributed by atoms with van der Waals surface area (Å²) in [5.41, 5.74) is 1.80. The number of hydrogen-bond donors (Lipinski definition) is 2. The minimum atomic E-state index is 0.211. The van der Waals surface area contributed by atoms with Gasteiger partial charge in [0.05, 0.1) is 6.54 Å². The van der Waals surface area contributed by atoms with E-state index in [1.54, 1.807) is 24.3 Å². The van der Waals surface area contributed by atoms with Gasteiger partial charge in [0.25, 0.3) is 0 Å². The minimum Gasteiger partial charge on any atom is -0.508 e. The van der Waals surface area contributed by atoms with E-state index in [1.165, 1.54) is 0 Å². The summed E-state index contributed by atoms with van der Waals surface area (Å²) in [4.78, 5) is 4.30. The number of nitrogens with one attached hydrogen (secondary N) is 1. The van der Waals surface area contributed by atoms with Gasteiger partial charge in [0.1, 0.15) is 5.75 Å². The molecule has 5 nitrogen and oxygen atoms in total. The molecule has 3 rings (SSSR count). The summed E-state index contributed by atoms with van der Waals surface area (Å²) in [5.74, 6) is 1.23. The van der Waals surface area contributed by atoms with Crippen molar-refractivity contribution in [2.75, 3.05) is 5.32 Å². The highest BCUT2D eigenvalue weighted by molar-refractivity contribution is 5.55. The van der Waals surface area contributed by atoms with Crippen LogP contribution in [-0.4, -0.2) is 15.2 Å². The molecule has 0 aliphatic rings. The van der Waals surface area contributed by atoms with Crippen LogP contribution < -0.4 is 5.32 Å². The third kappa shape index (κ3) is 2.77. The molecule has 0 fully saturated rings. The van der Waals surface area contributed by atoms with Gasteiger partial charge in [0.15, 0.2) is 0 Å². The second-order valence-corrected chi connectivity index (χ2v) is 4.28. The zero-order valence-electron chi connectivity index (χ0n) is 10.7. The number of para-hydroxylation sites is 1. The lowest BCUT2D eigenvalue weighted by molar-refractivity contribution is 0.384. The van der Waals surface area contributed by atoms with Crippen molar-refractivity contribution in [2.45, 2.75) is 6.54 Å². The Morgan fingerprint density at radius 1 is 1.00 bits per heavy atom. The monoisotopic (exact) mass is 267 g/mol. The largest absolute Gasteiger partial charge is 0.508 e. The maximum Gasteiger partial charge on any atom is 0.246 e. The maximum atomic E-state index is 9.24. The fourth-order valence-corrected chi connectivity index (χ4v) is 1.79. The zero-order valence-corrected chi connectivity index (χ0v) is 10.7. The van der Waals surface area contributed by atoms with Gasteiger partial charge >= 0.3 is 0 Å². The van der Waals surface area contributed by atoms with Crippen molar-refractivity contribution in [2.24, 2.45) is 0 Å². The summed E-state index contributed by atoms with van der Waals surface area (Å²) >= 11 is 0. The second-order valence-electron chi connectivity index (χ2n) is 4.28. The predicted molar refractivity (Wildman–Crippen MR) is 75.2 cm³/mol. The van der Waals surface area contributed by atoms with Crippen molar-refractivity contribution in [1.29, 1.82) is 0 Å². The minimum absolute atomic E-state index is 0.211. The first-order valence-electron chi connectivity index (χ1n) is 6.22. The molecular weight excluding hydrogens is 254 g/mol. The van der Waals surface area contributed by atoms with Crippen LogP contribution in [0.5, 0.6) is 5.75 Å². The van der Waals surface area contributed by atoms with Crippen LogP contribution in [-0.2, 0) is 6.54 Å². The molecule has 0 aliphatic carbocycles. The van der Waals surface area contributed by atoms with E-state index >= 15 is 0 Å². The molecule has 1 aromatic heterocycles. The summed E-state index contributed by atoms with van der Waals surface area (Å²) in [6.07, 6.45) is 0. The second kappa shape index (κ2) is 5.44. The van der Waals surface area contributed by atoms with Crippen LogP contribution in [0.4, 0.5) is 5.69 Å². The predicted octanol–water partition coefficient (Wildman–Crippen LogP) is 3.05. The molecule has 0 saturated heterocycles. The normalized spacial score (nSPS) is 10.4. The zero-order chi connectivity index (χ0) is 13.8. The summed E-state index contributed by atoms with van der Waals surface area (Å²) in [5, 5.41) is 16.4. The van der Waals surface area contributed by atoms with Gasteiger partial charge in [-0.05, 0) is 36.4 Å². The Balaban J connectivity index is 1.69. The lowest BCUT2D eigenvalue weighted by Crippen LogP contribution is -1.99. The Labute approximate surface area is 115 Å². The number of anilines is 1. The third-order valence-electron chi connectivity index (χ3n) is 2.81. The molecule has 2 aromatic carbocycles. The molecule has 0 atom stereocenters. The van der Waals surface area contributed by atoms with Gasteiger partial charge in [-0.3, -0.25) is 0 Å². The number of phenols is 1. The summed E-state index contributed by atoms with van der Waals surface area (Å²) < 4.78 is 5.18. The van der Waals surface area contributed by atoms with Crippen molar-refractivity contribution >= 4 is 5.69 Å². The Hall–Kier alpha value is -2.82. The number of aromatic nitrogens is 2. The van der Waals surface area contributed by atoms with E-state index in [4.69, 9.17) is 4.52 Å². The molecule has 0 radical (unpaired) electrons. The molecule has 100 valence electrons. The molecule has 20 heavy (non-hydrogen) atoms. The lowest BCUT2D eigenvalue weighted by Gasteiger charge is -2.01. The number of phenolic OH excluding ortho intramolecular Hbond substituents is 1. The number of nitrogens with zero attached hydrogens (tertiary/aromatic N) is 2. The van der Waals surface area contributed by atoms with Crippen LogP contribution in [0.25, 0.3) is 11.4 Å². The van der Waals surface area contributed by atoms with Crippen LogP contribution in [0, 0.1) is 0 Å². The van der Waals surface area contributed by atoms with Crippen LogP contribution in [0.1, 0.15) is 5.89 Å². The smallest absolute Gasteiger partial charge is 0.246 e. The van der Waals surface area contributed by atoms with Gasteiger partial charge < -0.3 is 14.9 Å². The average molecular weight is 267 g/mol. The van der Waals surface area contributed by atoms with E-state index in [0.29, 0.717) is 18.3 Å². The molecule has 0 spiro atoms. The molecule has 0 unspecified atom stereocenters. The Morgan fingerprint density at radius 2 is 1.75 bits per heavy atom. The Bertz CT molecular complexity index is 678. The van der Waals surface area contributed by atoms with Crippen molar-refractivity contribution in [3.05, 3.63) is 60.5 Å². The van der Waals surface area contributed by atoms with Crippen molar-refractivity contribution in [3.8, 4) is 17.1 Å². The maximum absolute atomic E-state index is 9.24.